The van der Waals surface area contributed by atoms with Crippen LogP contribution in [0.4, 0.5) is 0 Å². The Balaban J connectivity index is 2.02. The molecule has 1 aromatic rings. The first-order chi connectivity index (χ1) is 8.69. The molecule has 0 aliphatic carbocycles. The molecule has 0 saturated heterocycles. The Bertz CT molecular complexity index is 492. The van der Waals surface area contributed by atoms with Crippen molar-refractivity contribution in [3.8, 4) is 17.6 Å². The summed E-state index contributed by atoms with van der Waals surface area (Å²) < 4.78 is 15.7. The van der Waals surface area contributed by atoms with E-state index in [9.17, 15) is 4.79 Å². The summed E-state index contributed by atoms with van der Waals surface area (Å²) in [6, 6.07) is 7.15. The average Bonchev–Trinajstić information content (AvgIpc) is 2.38. The highest BCUT2D eigenvalue weighted by molar-refractivity contribution is 5.73. The summed E-state index contributed by atoms with van der Waals surface area (Å²) in [6.07, 6.45) is -0.613. The lowest BCUT2D eigenvalue weighted by molar-refractivity contribution is -0.145. The second-order valence-corrected chi connectivity index (χ2v) is 3.92. The van der Waals surface area contributed by atoms with Gasteiger partial charge in [-0.3, -0.25) is 4.79 Å². The minimum atomic E-state index is -0.727. The van der Waals surface area contributed by atoms with Crippen LogP contribution in [0.3, 0.4) is 0 Å². The average molecular weight is 247 g/mol. The highest BCUT2D eigenvalue weighted by Crippen LogP contribution is 2.30. The summed E-state index contributed by atoms with van der Waals surface area (Å²) in [6.45, 7) is 2.57. The highest BCUT2D eigenvalue weighted by atomic mass is 16.6. The number of fused-ring (bicyclic) bond motifs is 1. The van der Waals surface area contributed by atoms with Crippen LogP contribution in [-0.4, -0.2) is 25.3 Å². The smallest absolute Gasteiger partial charge is 0.311 e. The molecule has 5 nitrogen and oxygen atoms in total. The summed E-state index contributed by atoms with van der Waals surface area (Å²) in [5.41, 5.74) is 0.773. The number of nitrogens with zero attached hydrogens (tertiary/aromatic N) is 1. The summed E-state index contributed by atoms with van der Waals surface area (Å²) in [5, 5.41) is 8.54. The predicted molar refractivity (Wildman–Crippen MR) is 62.3 cm³/mol. The van der Waals surface area contributed by atoms with Crippen LogP contribution >= 0.6 is 0 Å². The van der Waals surface area contributed by atoms with Crippen molar-refractivity contribution in [3.05, 3.63) is 23.8 Å². The summed E-state index contributed by atoms with van der Waals surface area (Å²) >= 11 is 0. The number of nitriles is 1. The number of carbonyl (C=O) groups is 1. The molecule has 0 amide bonds. The number of esters is 1. The molecule has 0 unspecified atom stereocenters. The zero-order chi connectivity index (χ0) is 13.0. The van der Waals surface area contributed by atoms with E-state index in [0.29, 0.717) is 24.7 Å². The maximum Gasteiger partial charge on any atom is 0.311 e. The van der Waals surface area contributed by atoms with Crippen molar-refractivity contribution >= 4 is 5.97 Å². The van der Waals surface area contributed by atoms with Gasteiger partial charge in [-0.05, 0) is 24.6 Å². The van der Waals surface area contributed by atoms with E-state index < -0.39 is 12.1 Å². The van der Waals surface area contributed by atoms with Gasteiger partial charge >= 0.3 is 5.97 Å². The third-order valence-corrected chi connectivity index (χ3v) is 2.45. The third-order valence-electron chi connectivity index (χ3n) is 2.45. The normalized spacial score (nSPS) is 14.4. The lowest BCUT2D eigenvalue weighted by Crippen LogP contribution is -2.17. The molecule has 0 radical (unpaired) electrons. The number of rotatable bonds is 3. The van der Waals surface area contributed by atoms with Crippen LogP contribution in [-0.2, 0) is 16.0 Å². The van der Waals surface area contributed by atoms with Gasteiger partial charge in [-0.2, -0.15) is 5.26 Å². The molecular weight excluding hydrogens is 234 g/mol. The molecule has 0 saturated carbocycles. The van der Waals surface area contributed by atoms with Crippen molar-refractivity contribution in [2.45, 2.75) is 19.4 Å². The van der Waals surface area contributed by atoms with Crippen molar-refractivity contribution in [1.29, 1.82) is 5.26 Å². The van der Waals surface area contributed by atoms with Crippen LogP contribution in [0.1, 0.15) is 12.5 Å². The van der Waals surface area contributed by atoms with Crippen molar-refractivity contribution in [2.24, 2.45) is 0 Å². The van der Waals surface area contributed by atoms with Gasteiger partial charge in [-0.1, -0.05) is 6.07 Å². The monoisotopic (exact) mass is 247 g/mol. The van der Waals surface area contributed by atoms with Gasteiger partial charge in [0.05, 0.1) is 6.42 Å². The fourth-order valence-electron chi connectivity index (χ4n) is 1.63. The number of ether oxygens (including phenoxy) is 3. The molecule has 0 bridgehead atoms. The molecule has 0 aromatic heterocycles. The van der Waals surface area contributed by atoms with Crippen LogP contribution in [0.15, 0.2) is 18.2 Å². The quantitative estimate of drug-likeness (QED) is 0.756. The Morgan fingerprint density at radius 2 is 2.17 bits per heavy atom. The molecule has 5 heteroatoms. The number of hydrogen-bond acceptors (Lipinski definition) is 5. The number of benzene rings is 1. The Hall–Kier alpha value is -2.22. The van der Waals surface area contributed by atoms with Gasteiger partial charge in [0, 0.05) is 0 Å². The molecule has 0 N–H and O–H groups in total. The lowest BCUT2D eigenvalue weighted by atomic mass is 10.1. The van der Waals surface area contributed by atoms with Gasteiger partial charge in [-0.25, -0.2) is 0 Å². The Labute approximate surface area is 105 Å². The Morgan fingerprint density at radius 1 is 1.44 bits per heavy atom. The Kier molecular flexibility index (Phi) is 3.68. The molecule has 0 fully saturated rings. The van der Waals surface area contributed by atoms with Crippen molar-refractivity contribution in [1.82, 2.24) is 0 Å². The first kappa shape index (κ1) is 12.2. The maximum atomic E-state index is 11.5. The SMILES string of the molecule is C[C@H](C#N)OC(=O)Cc1ccc2c(c1)OCCO2. The van der Waals surface area contributed by atoms with E-state index in [-0.39, 0.29) is 6.42 Å². The number of hydrogen-bond donors (Lipinski definition) is 0. The second-order valence-electron chi connectivity index (χ2n) is 3.92. The second kappa shape index (κ2) is 5.41. The molecule has 0 spiro atoms. The first-order valence-electron chi connectivity index (χ1n) is 5.66. The van der Waals surface area contributed by atoms with Gasteiger partial charge < -0.3 is 14.2 Å². The molecule has 1 atom stereocenters. The maximum absolute atomic E-state index is 11.5. The van der Waals surface area contributed by atoms with Crippen LogP contribution in [0.2, 0.25) is 0 Å². The summed E-state index contributed by atoms with van der Waals surface area (Å²) in [7, 11) is 0. The molecule has 94 valence electrons. The summed E-state index contributed by atoms with van der Waals surface area (Å²) in [5.74, 6) is 0.893. The van der Waals surface area contributed by atoms with Crippen LogP contribution in [0, 0.1) is 11.3 Å². The molecule has 1 heterocycles. The van der Waals surface area contributed by atoms with Gasteiger partial charge in [0.1, 0.15) is 19.3 Å². The molecule has 1 aliphatic rings. The van der Waals surface area contributed by atoms with Crippen LogP contribution in [0.5, 0.6) is 11.5 Å². The predicted octanol–water partition coefficient (Wildman–Crippen LogP) is 1.46. The van der Waals surface area contributed by atoms with E-state index >= 15 is 0 Å². The minimum absolute atomic E-state index is 0.114. The van der Waals surface area contributed by atoms with Crippen LogP contribution in [0.25, 0.3) is 0 Å². The van der Waals surface area contributed by atoms with E-state index in [2.05, 4.69) is 0 Å². The zero-order valence-electron chi connectivity index (χ0n) is 10.0. The van der Waals surface area contributed by atoms with E-state index in [1.54, 1.807) is 18.2 Å². The molecule has 2 rings (SSSR count). The molecule has 1 aliphatic heterocycles. The summed E-state index contributed by atoms with van der Waals surface area (Å²) in [4.78, 5) is 11.5. The molecule has 1 aromatic carbocycles. The standard InChI is InChI=1S/C13H13NO4/c1-9(8-14)18-13(15)7-10-2-3-11-12(6-10)17-5-4-16-11/h2-3,6,9H,4-5,7H2,1H3/t9-/m1/s1. The van der Waals surface area contributed by atoms with E-state index in [0.717, 1.165) is 5.56 Å². The van der Waals surface area contributed by atoms with Gasteiger partial charge in [0.25, 0.3) is 0 Å². The number of carbonyl (C=O) groups excluding carboxylic acids is 1. The fourth-order valence-corrected chi connectivity index (χ4v) is 1.63. The third kappa shape index (κ3) is 2.92. The van der Waals surface area contributed by atoms with E-state index in [1.807, 2.05) is 6.07 Å². The van der Waals surface area contributed by atoms with E-state index in [4.69, 9.17) is 19.5 Å². The topological polar surface area (TPSA) is 68.5 Å². The van der Waals surface area contributed by atoms with E-state index in [1.165, 1.54) is 6.92 Å². The van der Waals surface area contributed by atoms with Crippen molar-refractivity contribution < 1.29 is 19.0 Å². The fraction of sp³-hybridized carbons (Fsp3) is 0.385. The first-order valence-corrected chi connectivity index (χ1v) is 5.66. The highest BCUT2D eigenvalue weighted by Gasteiger charge is 2.14. The van der Waals surface area contributed by atoms with Crippen LogP contribution < -0.4 is 9.47 Å². The molecule has 18 heavy (non-hydrogen) atoms. The minimum Gasteiger partial charge on any atom is -0.486 e. The van der Waals surface area contributed by atoms with Gasteiger partial charge in [-0.15, -0.1) is 0 Å². The zero-order valence-corrected chi connectivity index (χ0v) is 10.0. The van der Waals surface area contributed by atoms with Crippen molar-refractivity contribution in [2.75, 3.05) is 13.2 Å². The van der Waals surface area contributed by atoms with Gasteiger partial charge in [0.2, 0.25) is 0 Å². The van der Waals surface area contributed by atoms with Gasteiger partial charge in [0.15, 0.2) is 17.6 Å². The largest absolute Gasteiger partial charge is 0.486 e. The lowest BCUT2D eigenvalue weighted by Gasteiger charge is -2.18. The van der Waals surface area contributed by atoms with Crippen molar-refractivity contribution in [3.63, 3.8) is 0 Å². The molecular formula is C13H13NO4. The Morgan fingerprint density at radius 3 is 2.89 bits per heavy atom.